The van der Waals surface area contributed by atoms with Crippen LogP contribution >= 0.6 is 11.3 Å². The Morgan fingerprint density at radius 1 is 1.33 bits per heavy atom. The van der Waals surface area contributed by atoms with Crippen molar-refractivity contribution in [1.29, 1.82) is 0 Å². The highest BCUT2D eigenvalue weighted by molar-refractivity contribution is 7.11. The first kappa shape index (κ1) is 14.6. The fourth-order valence-electron chi connectivity index (χ4n) is 3.08. The second-order valence-electron chi connectivity index (χ2n) is 6.49. The lowest BCUT2D eigenvalue weighted by Crippen LogP contribution is -2.65. The highest BCUT2D eigenvalue weighted by atomic mass is 32.1. The van der Waals surface area contributed by atoms with Crippen molar-refractivity contribution in [1.82, 2.24) is 10.2 Å². The fourth-order valence-corrected chi connectivity index (χ4v) is 3.97. The second kappa shape index (κ2) is 5.44. The van der Waals surface area contributed by atoms with Crippen LogP contribution in [0.2, 0.25) is 0 Å². The van der Waals surface area contributed by atoms with Crippen LogP contribution in [-0.4, -0.2) is 28.8 Å². The molecule has 0 radical (unpaired) electrons. The minimum absolute atomic E-state index is 0.00905. The number of amides is 2. The van der Waals surface area contributed by atoms with Gasteiger partial charge in [0.25, 0.3) is 0 Å². The van der Waals surface area contributed by atoms with Crippen molar-refractivity contribution < 1.29 is 9.59 Å². The van der Waals surface area contributed by atoms with Gasteiger partial charge < -0.3 is 10.2 Å². The molecule has 1 aliphatic heterocycles. The third-order valence-electron chi connectivity index (χ3n) is 4.30. The van der Waals surface area contributed by atoms with Crippen molar-refractivity contribution in [2.45, 2.75) is 52.2 Å². The van der Waals surface area contributed by atoms with E-state index in [1.54, 1.807) is 16.2 Å². The summed E-state index contributed by atoms with van der Waals surface area (Å²) in [5.41, 5.74) is 0. The summed E-state index contributed by atoms with van der Waals surface area (Å²) in [6, 6.07) is 3.48. The number of nitrogens with zero attached hydrogens (tertiary/aromatic N) is 1. The molecule has 2 atom stereocenters. The molecule has 5 heteroatoms. The summed E-state index contributed by atoms with van der Waals surface area (Å²) in [6.45, 7) is 6.62. The highest BCUT2D eigenvalue weighted by Gasteiger charge is 2.47. The second-order valence-corrected chi connectivity index (χ2v) is 7.86. The quantitative estimate of drug-likeness (QED) is 0.928. The van der Waals surface area contributed by atoms with Crippen LogP contribution in [0.5, 0.6) is 0 Å². The zero-order valence-electron chi connectivity index (χ0n) is 12.8. The van der Waals surface area contributed by atoms with Gasteiger partial charge >= 0.3 is 0 Å². The lowest BCUT2D eigenvalue weighted by molar-refractivity contribution is -0.152. The SMILES string of the molecule is Cc1ccc(CN2C(=O)C(C3CC3)NC(=O)C2C(C)C)s1. The van der Waals surface area contributed by atoms with E-state index in [0.29, 0.717) is 12.5 Å². The number of carbonyl (C=O) groups excluding carboxylic acids is 2. The molecule has 2 fully saturated rings. The number of rotatable bonds is 4. The molecule has 3 rings (SSSR count). The Morgan fingerprint density at radius 3 is 2.57 bits per heavy atom. The van der Waals surface area contributed by atoms with E-state index in [4.69, 9.17) is 0 Å². The van der Waals surface area contributed by atoms with Crippen molar-refractivity contribution in [2.75, 3.05) is 0 Å². The maximum atomic E-state index is 12.8. The molecular weight excluding hydrogens is 284 g/mol. The maximum Gasteiger partial charge on any atom is 0.246 e. The zero-order chi connectivity index (χ0) is 15.1. The van der Waals surface area contributed by atoms with Crippen LogP contribution < -0.4 is 5.32 Å². The molecule has 2 amide bonds. The molecule has 21 heavy (non-hydrogen) atoms. The number of thiophene rings is 1. The molecule has 0 aromatic carbocycles. The van der Waals surface area contributed by atoms with Gasteiger partial charge in [-0.25, -0.2) is 0 Å². The number of carbonyl (C=O) groups is 2. The minimum atomic E-state index is -0.352. The summed E-state index contributed by atoms with van der Waals surface area (Å²) in [6.07, 6.45) is 2.10. The van der Waals surface area contributed by atoms with E-state index < -0.39 is 0 Å². The molecule has 1 N–H and O–H groups in total. The first-order chi connectivity index (χ1) is 9.97. The number of hydrogen-bond acceptors (Lipinski definition) is 3. The number of piperazine rings is 1. The zero-order valence-corrected chi connectivity index (χ0v) is 13.6. The van der Waals surface area contributed by atoms with Crippen LogP contribution in [0.3, 0.4) is 0 Å². The first-order valence-corrected chi connectivity index (χ1v) is 8.45. The largest absolute Gasteiger partial charge is 0.342 e. The summed E-state index contributed by atoms with van der Waals surface area (Å²) >= 11 is 1.70. The lowest BCUT2D eigenvalue weighted by atomic mass is 9.95. The lowest BCUT2D eigenvalue weighted by Gasteiger charge is -2.40. The predicted octanol–water partition coefficient (Wildman–Crippen LogP) is 2.32. The monoisotopic (exact) mass is 306 g/mol. The van der Waals surface area contributed by atoms with E-state index >= 15 is 0 Å². The Bertz CT molecular complexity index is 562. The van der Waals surface area contributed by atoms with Crippen molar-refractivity contribution in [3.8, 4) is 0 Å². The Morgan fingerprint density at radius 2 is 2.05 bits per heavy atom. The van der Waals surface area contributed by atoms with Gasteiger partial charge in [-0.3, -0.25) is 9.59 Å². The molecule has 0 bridgehead atoms. The highest BCUT2D eigenvalue weighted by Crippen LogP contribution is 2.36. The molecule has 114 valence electrons. The van der Waals surface area contributed by atoms with E-state index in [1.807, 2.05) is 13.8 Å². The predicted molar refractivity (Wildman–Crippen MR) is 82.9 cm³/mol. The average molecular weight is 306 g/mol. The van der Waals surface area contributed by atoms with Crippen molar-refractivity contribution >= 4 is 23.2 Å². The van der Waals surface area contributed by atoms with Crippen molar-refractivity contribution in [2.24, 2.45) is 11.8 Å². The van der Waals surface area contributed by atoms with Crippen LogP contribution in [0.4, 0.5) is 0 Å². The fraction of sp³-hybridized carbons (Fsp3) is 0.625. The molecule has 1 saturated heterocycles. The molecule has 1 saturated carbocycles. The smallest absolute Gasteiger partial charge is 0.246 e. The first-order valence-electron chi connectivity index (χ1n) is 7.63. The Kier molecular flexibility index (Phi) is 3.78. The molecule has 0 spiro atoms. The van der Waals surface area contributed by atoms with Crippen molar-refractivity contribution in [3.05, 3.63) is 21.9 Å². The third-order valence-corrected chi connectivity index (χ3v) is 5.28. The van der Waals surface area contributed by atoms with Gasteiger partial charge in [0.1, 0.15) is 12.1 Å². The molecule has 1 aromatic rings. The molecule has 4 nitrogen and oxygen atoms in total. The van der Waals surface area contributed by atoms with Gasteiger partial charge in [-0.2, -0.15) is 0 Å². The van der Waals surface area contributed by atoms with Crippen LogP contribution in [-0.2, 0) is 16.1 Å². The van der Waals surface area contributed by atoms with E-state index in [2.05, 4.69) is 24.4 Å². The Hall–Kier alpha value is -1.36. The van der Waals surface area contributed by atoms with Crippen LogP contribution in [0.25, 0.3) is 0 Å². The normalized spacial score (nSPS) is 26.4. The van der Waals surface area contributed by atoms with Gasteiger partial charge in [0.15, 0.2) is 0 Å². The number of hydrogen-bond donors (Lipinski definition) is 1. The van der Waals surface area contributed by atoms with E-state index in [1.165, 1.54) is 4.88 Å². The molecule has 2 aliphatic rings. The summed E-state index contributed by atoms with van der Waals surface area (Å²) < 4.78 is 0. The molecule has 2 heterocycles. The van der Waals surface area contributed by atoms with Crippen LogP contribution in [0, 0.1) is 18.8 Å². The van der Waals surface area contributed by atoms with Gasteiger partial charge in [0.2, 0.25) is 11.8 Å². The number of nitrogens with one attached hydrogen (secondary N) is 1. The van der Waals surface area contributed by atoms with E-state index in [9.17, 15) is 9.59 Å². The standard InChI is InChI=1S/C16H22N2O2S/c1-9(2)14-15(19)17-13(11-5-6-11)16(20)18(14)8-12-7-4-10(3)21-12/h4,7,9,11,13-14H,5-6,8H2,1-3H3,(H,17,19). The van der Waals surface area contributed by atoms with Gasteiger partial charge in [-0.15, -0.1) is 11.3 Å². The summed E-state index contributed by atoms with van der Waals surface area (Å²) in [4.78, 5) is 29.4. The number of aryl methyl sites for hydroxylation is 1. The topological polar surface area (TPSA) is 49.4 Å². The van der Waals surface area contributed by atoms with Crippen molar-refractivity contribution in [3.63, 3.8) is 0 Å². The maximum absolute atomic E-state index is 12.8. The molecular formula is C16H22N2O2S. The molecule has 1 aromatic heterocycles. The Balaban J connectivity index is 1.86. The summed E-state index contributed by atoms with van der Waals surface area (Å²) in [7, 11) is 0. The van der Waals surface area contributed by atoms with Gasteiger partial charge in [0.05, 0.1) is 6.54 Å². The van der Waals surface area contributed by atoms with E-state index in [-0.39, 0.29) is 29.8 Å². The van der Waals surface area contributed by atoms with Gasteiger partial charge in [0, 0.05) is 9.75 Å². The third kappa shape index (κ3) is 2.84. The summed E-state index contributed by atoms with van der Waals surface area (Å²) in [5.74, 6) is 0.578. The van der Waals surface area contributed by atoms with Gasteiger partial charge in [-0.05, 0) is 43.7 Å². The van der Waals surface area contributed by atoms with Crippen LogP contribution in [0.15, 0.2) is 12.1 Å². The van der Waals surface area contributed by atoms with Crippen LogP contribution in [0.1, 0.15) is 36.4 Å². The Labute approximate surface area is 129 Å². The minimum Gasteiger partial charge on any atom is -0.342 e. The molecule has 1 aliphatic carbocycles. The van der Waals surface area contributed by atoms with E-state index in [0.717, 1.165) is 17.7 Å². The van der Waals surface area contributed by atoms with Gasteiger partial charge in [-0.1, -0.05) is 13.8 Å². The molecule has 2 unspecified atom stereocenters. The average Bonchev–Trinajstić information content (AvgIpc) is 3.17. The summed E-state index contributed by atoms with van der Waals surface area (Å²) in [5, 5.41) is 2.95.